The SMILES string of the molecule is CCC(Br)C(=O)NC1CCSc2ccc(Cl)cc21. The molecule has 2 rings (SSSR count). The predicted octanol–water partition coefficient (Wildman–Crippen LogP) is 4.17. The molecule has 0 spiro atoms. The summed E-state index contributed by atoms with van der Waals surface area (Å²) in [7, 11) is 0. The standard InChI is InChI=1S/C13H15BrClNOS/c1-2-10(14)13(17)16-11-5-6-18-12-4-3-8(15)7-9(11)12/h3-4,7,10-11H,2,5-6H2,1H3,(H,16,17). The van der Waals surface area contributed by atoms with Gasteiger partial charge in [0.15, 0.2) is 0 Å². The third-order valence-electron chi connectivity index (χ3n) is 2.97. The highest BCUT2D eigenvalue weighted by Gasteiger charge is 2.24. The van der Waals surface area contributed by atoms with Gasteiger partial charge in [-0.05, 0) is 36.6 Å². The lowest BCUT2D eigenvalue weighted by atomic mass is 10.0. The van der Waals surface area contributed by atoms with Gasteiger partial charge in [-0.2, -0.15) is 0 Å². The van der Waals surface area contributed by atoms with Crippen molar-refractivity contribution in [3.05, 3.63) is 28.8 Å². The largest absolute Gasteiger partial charge is 0.348 e. The number of nitrogens with one attached hydrogen (secondary N) is 1. The maximum absolute atomic E-state index is 11.9. The van der Waals surface area contributed by atoms with Crippen molar-refractivity contribution >= 4 is 45.2 Å². The van der Waals surface area contributed by atoms with E-state index in [0.29, 0.717) is 0 Å². The van der Waals surface area contributed by atoms with Crippen LogP contribution < -0.4 is 5.32 Å². The highest BCUT2D eigenvalue weighted by Crippen LogP contribution is 2.37. The molecule has 1 heterocycles. The number of carbonyl (C=O) groups excluding carboxylic acids is 1. The number of alkyl halides is 1. The number of fused-ring (bicyclic) bond motifs is 1. The molecule has 0 aliphatic carbocycles. The third kappa shape index (κ3) is 3.22. The molecule has 0 bridgehead atoms. The van der Waals surface area contributed by atoms with Crippen LogP contribution in [0.5, 0.6) is 0 Å². The van der Waals surface area contributed by atoms with E-state index in [2.05, 4.69) is 21.2 Å². The predicted molar refractivity (Wildman–Crippen MR) is 80.7 cm³/mol. The zero-order valence-corrected chi connectivity index (χ0v) is 13.2. The average Bonchev–Trinajstić information content (AvgIpc) is 2.38. The number of rotatable bonds is 3. The Kier molecular flexibility index (Phi) is 4.98. The molecule has 0 saturated carbocycles. The van der Waals surface area contributed by atoms with Gasteiger partial charge in [0.1, 0.15) is 0 Å². The first-order valence-electron chi connectivity index (χ1n) is 5.98. The number of thioether (sulfide) groups is 1. The van der Waals surface area contributed by atoms with Crippen LogP contribution in [0.4, 0.5) is 0 Å². The van der Waals surface area contributed by atoms with Gasteiger partial charge in [0.2, 0.25) is 5.91 Å². The van der Waals surface area contributed by atoms with Crippen LogP contribution in [0, 0.1) is 0 Å². The summed E-state index contributed by atoms with van der Waals surface area (Å²) >= 11 is 11.2. The van der Waals surface area contributed by atoms with E-state index in [4.69, 9.17) is 11.6 Å². The van der Waals surface area contributed by atoms with E-state index >= 15 is 0 Å². The van der Waals surface area contributed by atoms with Gasteiger partial charge in [0.05, 0.1) is 10.9 Å². The van der Waals surface area contributed by atoms with Gasteiger partial charge in [-0.1, -0.05) is 34.5 Å². The normalized spacial score (nSPS) is 20.1. The van der Waals surface area contributed by atoms with Crippen LogP contribution >= 0.6 is 39.3 Å². The fraction of sp³-hybridized carbons (Fsp3) is 0.462. The minimum absolute atomic E-state index is 0.0559. The second kappa shape index (κ2) is 6.31. The van der Waals surface area contributed by atoms with Crippen molar-refractivity contribution in [2.45, 2.75) is 35.5 Å². The summed E-state index contributed by atoms with van der Waals surface area (Å²) in [5.41, 5.74) is 1.14. The Labute approximate surface area is 125 Å². The van der Waals surface area contributed by atoms with Crippen LogP contribution in [0.2, 0.25) is 5.02 Å². The third-order valence-corrected chi connectivity index (χ3v) is 5.39. The Hall–Kier alpha value is -0.190. The van der Waals surface area contributed by atoms with E-state index < -0.39 is 0 Å². The summed E-state index contributed by atoms with van der Waals surface area (Å²) in [4.78, 5) is 13.0. The van der Waals surface area contributed by atoms with Crippen molar-refractivity contribution in [3.63, 3.8) is 0 Å². The molecular formula is C13H15BrClNOS. The molecule has 0 aromatic heterocycles. The zero-order chi connectivity index (χ0) is 13.1. The molecule has 2 unspecified atom stereocenters. The molecule has 1 aromatic rings. The molecule has 98 valence electrons. The molecule has 0 saturated heterocycles. The van der Waals surface area contributed by atoms with E-state index in [0.717, 1.165) is 29.2 Å². The monoisotopic (exact) mass is 347 g/mol. The molecule has 2 nitrogen and oxygen atoms in total. The number of benzene rings is 1. The summed E-state index contributed by atoms with van der Waals surface area (Å²) in [6.45, 7) is 1.99. The van der Waals surface area contributed by atoms with Crippen molar-refractivity contribution in [1.82, 2.24) is 5.32 Å². The van der Waals surface area contributed by atoms with E-state index in [1.807, 2.05) is 36.9 Å². The molecule has 18 heavy (non-hydrogen) atoms. The topological polar surface area (TPSA) is 29.1 Å². The lowest BCUT2D eigenvalue weighted by Gasteiger charge is -2.27. The van der Waals surface area contributed by atoms with Gasteiger partial charge in [0.25, 0.3) is 0 Å². The van der Waals surface area contributed by atoms with Crippen molar-refractivity contribution in [3.8, 4) is 0 Å². The van der Waals surface area contributed by atoms with Crippen LogP contribution in [-0.2, 0) is 4.79 Å². The van der Waals surface area contributed by atoms with E-state index in [9.17, 15) is 4.79 Å². The second-order valence-electron chi connectivity index (χ2n) is 4.26. The molecule has 0 fully saturated rings. The van der Waals surface area contributed by atoms with Gasteiger partial charge >= 0.3 is 0 Å². The van der Waals surface area contributed by atoms with Crippen LogP contribution in [0.1, 0.15) is 31.4 Å². The van der Waals surface area contributed by atoms with Crippen molar-refractivity contribution in [2.75, 3.05) is 5.75 Å². The Morgan fingerprint density at radius 1 is 1.67 bits per heavy atom. The maximum Gasteiger partial charge on any atom is 0.234 e. The molecule has 1 aliphatic heterocycles. The zero-order valence-electron chi connectivity index (χ0n) is 10.1. The average molecular weight is 349 g/mol. The Morgan fingerprint density at radius 3 is 3.17 bits per heavy atom. The number of hydrogen-bond donors (Lipinski definition) is 1. The first-order valence-corrected chi connectivity index (χ1v) is 8.26. The summed E-state index contributed by atoms with van der Waals surface area (Å²) in [5.74, 6) is 1.08. The van der Waals surface area contributed by atoms with Crippen molar-refractivity contribution in [1.29, 1.82) is 0 Å². The quantitative estimate of drug-likeness (QED) is 0.831. The number of halogens is 2. The molecule has 1 N–H and O–H groups in total. The smallest absolute Gasteiger partial charge is 0.234 e. The molecule has 0 radical (unpaired) electrons. The van der Waals surface area contributed by atoms with Crippen LogP contribution in [0.25, 0.3) is 0 Å². The van der Waals surface area contributed by atoms with Gasteiger partial charge in [-0.15, -0.1) is 11.8 Å². The lowest BCUT2D eigenvalue weighted by Crippen LogP contribution is -2.35. The Balaban J connectivity index is 2.17. The second-order valence-corrected chi connectivity index (χ2v) is 6.93. The fourth-order valence-electron chi connectivity index (χ4n) is 1.96. The van der Waals surface area contributed by atoms with E-state index in [-0.39, 0.29) is 16.8 Å². The van der Waals surface area contributed by atoms with E-state index in [1.165, 1.54) is 4.90 Å². The van der Waals surface area contributed by atoms with Gasteiger partial charge in [-0.3, -0.25) is 4.79 Å². The summed E-state index contributed by atoms with van der Waals surface area (Å²) < 4.78 is 0. The van der Waals surface area contributed by atoms with Crippen LogP contribution in [0.3, 0.4) is 0 Å². The number of hydrogen-bond acceptors (Lipinski definition) is 2. The van der Waals surface area contributed by atoms with Crippen LogP contribution in [-0.4, -0.2) is 16.5 Å². The van der Waals surface area contributed by atoms with E-state index in [1.54, 1.807) is 0 Å². The molecule has 1 aromatic carbocycles. The van der Waals surface area contributed by atoms with Gasteiger partial charge in [-0.25, -0.2) is 0 Å². The first-order chi connectivity index (χ1) is 8.61. The van der Waals surface area contributed by atoms with Gasteiger partial charge < -0.3 is 5.32 Å². The molecule has 1 aliphatic rings. The molecule has 1 amide bonds. The Morgan fingerprint density at radius 2 is 2.44 bits per heavy atom. The molecule has 5 heteroatoms. The summed E-state index contributed by atoms with van der Waals surface area (Å²) in [6.07, 6.45) is 1.74. The van der Waals surface area contributed by atoms with Crippen molar-refractivity contribution in [2.24, 2.45) is 0 Å². The Bertz CT molecular complexity index is 455. The van der Waals surface area contributed by atoms with Crippen molar-refractivity contribution < 1.29 is 4.79 Å². The van der Waals surface area contributed by atoms with Gasteiger partial charge in [0, 0.05) is 15.7 Å². The fourth-order valence-corrected chi connectivity index (χ4v) is 3.38. The maximum atomic E-state index is 11.9. The van der Waals surface area contributed by atoms with Crippen LogP contribution in [0.15, 0.2) is 23.1 Å². The summed E-state index contributed by atoms with van der Waals surface area (Å²) in [6, 6.07) is 5.98. The molecular weight excluding hydrogens is 334 g/mol. The lowest BCUT2D eigenvalue weighted by molar-refractivity contribution is -0.121. The molecule has 2 atom stereocenters. The minimum Gasteiger partial charge on any atom is -0.348 e. The highest BCUT2D eigenvalue weighted by atomic mass is 79.9. The minimum atomic E-state index is -0.116. The summed E-state index contributed by atoms with van der Waals surface area (Å²) in [5, 5.41) is 3.82. The first kappa shape index (κ1) is 14.2. The number of amides is 1. The highest BCUT2D eigenvalue weighted by molar-refractivity contribution is 9.10. The number of carbonyl (C=O) groups is 1.